The number of isothiocyanates is 1. The van der Waals surface area contributed by atoms with Gasteiger partial charge in [0.05, 0.1) is 5.16 Å². The standard InChI is InChI=1S/C9H14N2.4C2H4O2.CHNS/c10-6-7-11-8-9-4-2-1-3-5-9;4*1-2(3)4;2-1-3/h1-5,11H,6-8,10H2;4*1H3,(H,3,4);2H. The molecular formula is C18H31N3O8S. The monoisotopic (exact) mass is 449 g/mol. The summed E-state index contributed by atoms with van der Waals surface area (Å²) in [5.74, 6) is -3.33. The van der Waals surface area contributed by atoms with E-state index in [4.69, 9.17) is 50.7 Å². The largest absolute Gasteiger partial charge is 0.481 e. The van der Waals surface area contributed by atoms with Crippen molar-refractivity contribution < 1.29 is 39.6 Å². The number of aliphatic carboxylic acids is 4. The lowest BCUT2D eigenvalue weighted by Gasteiger charge is -2.01. The molecule has 0 aromatic heterocycles. The molecular weight excluding hydrogens is 418 g/mol. The molecule has 11 nitrogen and oxygen atoms in total. The van der Waals surface area contributed by atoms with Crippen LogP contribution in [0.3, 0.4) is 0 Å². The Balaban J connectivity index is -0.0000000929. The molecule has 0 heterocycles. The Hall–Kier alpha value is -3.18. The van der Waals surface area contributed by atoms with Gasteiger partial charge in [0.25, 0.3) is 23.9 Å². The molecule has 30 heavy (non-hydrogen) atoms. The molecule has 0 fully saturated rings. The highest BCUT2D eigenvalue weighted by molar-refractivity contribution is 7.78. The first-order valence-corrected chi connectivity index (χ1v) is 8.45. The van der Waals surface area contributed by atoms with Gasteiger partial charge in [-0.15, -0.1) is 0 Å². The maximum absolute atomic E-state index is 9.00. The zero-order chi connectivity index (χ0) is 25.0. The lowest BCUT2D eigenvalue weighted by Crippen LogP contribution is -2.21. The maximum Gasteiger partial charge on any atom is 0.300 e. The van der Waals surface area contributed by atoms with Crippen molar-refractivity contribution in [3.8, 4) is 0 Å². The van der Waals surface area contributed by atoms with Crippen LogP contribution < -0.4 is 11.1 Å². The summed E-state index contributed by atoms with van der Waals surface area (Å²) in [6.07, 6.45) is 0. The molecule has 1 rings (SSSR count). The Morgan fingerprint density at radius 2 is 1.17 bits per heavy atom. The number of carboxylic acid groups (broad SMARTS) is 4. The van der Waals surface area contributed by atoms with Crippen molar-refractivity contribution in [1.29, 1.82) is 5.41 Å². The van der Waals surface area contributed by atoms with Crippen molar-refractivity contribution in [3.05, 3.63) is 35.9 Å². The number of hydrogen-bond acceptors (Lipinski definition) is 8. The van der Waals surface area contributed by atoms with Gasteiger partial charge in [0.15, 0.2) is 0 Å². The van der Waals surface area contributed by atoms with Crippen molar-refractivity contribution in [2.75, 3.05) is 13.1 Å². The third kappa shape index (κ3) is 146. The summed E-state index contributed by atoms with van der Waals surface area (Å²) in [4.78, 5) is 36.0. The van der Waals surface area contributed by atoms with Gasteiger partial charge in [-0.1, -0.05) is 30.3 Å². The highest BCUT2D eigenvalue weighted by Crippen LogP contribution is 1.96. The van der Waals surface area contributed by atoms with E-state index in [9.17, 15) is 0 Å². The molecule has 0 aliphatic carbocycles. The molecule has 12 heteroatoms. The number of rotatable bonds is 4. The second-order valence-corrected chi connectivity index (χ2v) is 4.83. The molecule has 1 aromatic rings. The summed E-state index contributed by atoms with van der Waals surface area (Å²) >= 11 is 3.81. The molecule has 172 valence electrons. The smallest absolute Gasteiger partial charge is 0.300 e. The van der Waals surface area contributed by atoms with Gasteiger partial charge in [-0.2, -0.15) is 0 Å². The Morgan fingerprint density at radius 3 is 1.40 bits per heavy atom. The van der Waals surface area contributed by atoms with Gasteiger partial charge in [-0.3, -0.25) is 19.2 Å². The van der Waals surface area contributed by atoms with Crippen molar-refractivity contribution in [2.45, 2.75) is 34.2 Å². The summed E-state index contributed by atoms with van der Waals surface area (Å²) in [6, 6.07) is 10.3. The van der Waals surface area contributed by atoms with E-state index in [2.05, 4.69) is 29.7 Å². The molecule has 0 aliphatic heterocycles. The number of nitrogens with one attached hydrogen (secondary N) is 2. The van der Waals surface area contributed by atoms with E-state index >= 15 is 0 Å². The lowest BCUT2D eigenvalue weighted by atomic mass is 10.2. The van der Waals surface area contributed by atoms with Crippen LogP contribution >= 0.6 is 12.2 Å². The Kier molecular flexibility index (Phi) is 41.8. The molecule has 1 aromatic carbocycles. The predicted octanol–water partition coefficient (Wildman–Crippen LogP) is 1.77. The molecule has 0 saturated heterocycles. The number of carboxylic acids is 4. The van der Waals surface area contributed by atoms with Gasteiger partial charge in [0.1, 0.15) is 0 Å². The average molecular weight is 450 g/mol. The van der Waals surface area contributed by atoms with Crippen LogP contribution in [0.2, 0.25) is 0 Å². The first kappa shape index (κ1) is 37.6. The van der Waals surface area contributed by atoms with Crippen LogP contribution in [-0.2, 0) is 25.7 Å². The van der Waals surface area contributed by atoms with Crippen molar-refractivity contribution in [2.24, 2.45) is 5.73 Å². The fourth-order valence-corrected chi connectivity index (χ4v) is 0.931. The molecule has 0 amide bonds. The quantitative estimate of drug-likeness (QED) is 0.200. The van der Waals surface area contributed by atoms with Crippen LogP contribution in [0.4, 0.5) is 0 Å². The maximum atomic E-state index is 9.00. The van der Waals surface area contributed by atoms with Crippen LogP contribution in [0.15, 0.2) is 30.3 Å². The molecule has 0 radical (unpaired) electrons. The first-order chi connectivity index (χ1) is 13.8. The van der Waals surface area contributed by atoms with Gasteiger partial charge in [-0.25, -0.2) is 5.41 Å². The summed E-state index contributed by atoms with van der Waals surface area (Å²) in [6.45, 7) is 6.83. The number of carbonyl (C=O) groups is 4. The molecule has 0 aliphatic rings. The Morgan fingerprint density at radius 1 is 0.900 bits per heavy atom. The predicted molar refractivity (Wildman–Crippen MR) is 116 cm³/mol. The van der Waals surface area contributed by atoms with E-state index in [0.29, 0.717) is 6.54 Å². The van der Waals surface area contributed by atoms with E-state index in [0.717, 1.165) is 40.8 Å². The van der Waals surface area contributed by atoms with Crippen LogP contribution in [0.5, 0.6) is 0 Å². The molecule has 0 saturated carbocycles. The summed E-state index contributed by atoms with van der Waals surface area (Å²) < 4.78 is 0. The topological polar surface area (TPSA) is 211 Å². The second kappa shape index (κ2) is 33.4. The summed E-state index contributed by atoms with van der Waals surface area (Å²) in [7, 11) is 0. The van der Waals surface area contributed by atoms with Crippen molar-refractivity contribution in [3.63, 3.8) is 0 Å². The van der Waals surface area contributed by atoms with Gasteiger partial charge < -0.3 is 31.5 Å². The number of hydrogen-bond donors (Lipinski definition) is 7. The van der Waals surface area contributed by atoms with E-state index < -0.39 is 23.9 Å². The molecule has 0 unspecified atom stereocenters. The third-order valence-electron chi connectivity index (χ3n) is 1.49. The van der Waals surface area contributed by atoms with Crippen LogP contribution in [-0.4, -0.2) is 62.6 Å². The van der Waals surface area contributed by atoms with E-state index in [1.54, 1.807) is 5.16 Å². The minimum Gasteiger partial charge on any atom is -0.481 e. The fraction of sp³-hybridized carbons (Fsp3) is 0.389. The zero-order valence-corrected chi connectivity index (χ0v) is 18.2. The number of benzene rings is 1. The highest BCUT2D eigenvalue weighted by Gasteiger charge is 1.87. The second-order valence-electron chi connectivity index (χ2n) is 4.63. The van der Waals surface area contributed by atoms with E-state index in [1.165, 1.54) is 5.56 Å². The Bertz CT molecular complexity index is 528. The van der Waals surface area contributed by atoms with Crippen LogP contribution in [0.1, 0.15) is 33.3 Å². The summed E-state index contributed by atoms with van der Waals surface area (Å²) in [5, 5.41) is 40.2. The van der Waals surface area contributed by atoms with Crippen molar-refractivity contribution in [1.82, 2.24) is 5.32 Å². The lowest BCUT2D eigenvalue weighted by molar-refractivity contribution is -0.135. The molecule has 8 N–H and O–H groups in total. The highest BCUT2D eigenvalue weighted by atomic mass is 32.1. The van der Waals surface area contributed by atoms with Gasteiger partial charge in [0.2, 0.25) is 0 Å². The fourth-order valence-electron chi connectivity index (χ4n) is 0.931. The minimum absolute atomic E-state index is 0.701. The molecule has 0 atom stereocenters. The SMILES string of the molecule is CC(=O)O.CC(=O)O.CC(=O)O.CC(=O)O.N=C=S.NCCNCc1ccccc1. The van der Waals surface area contributed by atoms with Crippen LogP contribution in [0.25, 0.3) is 0 Å². The van der Waals surface area contributed by atoms with Gasteiger partial charge in [-0.05, 0) is 17.8 Å². The molecule has 0 spiro atoms. The number of thiocarbonyl (C=S) groups is 1. The number of nitrogens with two attached hydrogens (primary N) is 1. The summed E-state index contributed by atoms with van der Waals surface area (Å²) in [5.41, 5.74) is 6.64. The average Bonchev–Trinajstić information content (AvgIpc) is 2.55. The van der Waals surface area contributed by atoms with E-state index in [-0.39, 0.29) is 0 Å². The third-order valence-corrected chi connectivity index (χ3v) is 1.49. The first-order valence-electron chi connectivity index (χ1n) is 8.04. The normalized spacial score (nSPS) is 7.23. The minimum atomic E-state index is -0.833. The Labute approximate surface area is 181 Å². The zero-order valence-electron chi connectivity index (χ0n) is 17.4. The molecule has 0 bridgehead atoms. The van der Waals surface area contributed by atoms with Crippen LogP contribution in [0, 0.1) is 5.41 Å². The van der Waals surface area contributed by atoms with Gasteiger partial charge in [0, 0.05) is 47.3 Å². The van der Waals surface area contributed by atoms with E-state index in [1.807, 2.05) is 18.2 Å². The van der Waals surface area contributed by atoms with Gasteiger partial charge >= 0.3 is 0 Å². The van der Waals surface area contributed by atoms with Crippen molar-refractivity contribution >= 4 is 41.3 Å².